The molecule has 0 aromatic heterocycles. The van der Waals surface area contributed by atoms with Crippen molar-refractivity contribution in [3.63, 3.8) is 0 Å². The van der Waals surface area contributed by atoms with Gasteiger partial charge in [-0.25, -0.2) is 0 Å². The number of nitrogens with one attached hydrogen (secondary N) is 1. The summed E-state index contributed by atoms with van der Waals surface area (Å²) in [6.45, 7) is 0. The van der Waals surface area contributed by atoms with Gasteiger partial charge < -0.3 is 11.1 Å². The summed E-state index contributed by atoms with van der Waals surface area (Å²) in [6, 6.07) is 11.4. The van der Waals surface area contributed by atoms with Crippen LogP contribution in [0, 0.1) is 0 Å². The van der Waals surface area contributed by atoms with Gasteiger partial charge in [-0.05, 0) is 30.3 Å². The Morgan fingerprint density at radius 2 is 1.85 bits per heavy atom. The maximum Gasteiger partial charge on any atom is 0.255 e. The van der Waals surface area contributed by atoms with E-state index in [2.05, 4.69) is 21.2 Å². The lowest BCUT2D eigenvalue weighted by Gasteiger charge is -2.09. The van der Waals surface area contributed by atoms with E-state index >= 15 is 0 Å². The Hall–Kier alpha value is -1.85. The number of benzene rings is 2. The maximum absolute atomic E-state index is 12.2. The van der Waals surface area contributed by atoms with Crippen LogP contribution >= 0.6 is 27.5 Å². The van der Waals surface area contributed by atoms with Gasteiger partial charge in [0.25, 0.3) is 11.8 Å². The normalized spacial score (nSPS) is 10.1. The number of hydrogen-bond acceptors (Lipinski definition) is 2. The fourth-order valence-electron chi connectivity index (χ4n) is 1.69. The quantitative estimate of drug-likeness (QED) is 0.887. The summed E-state index contributed by atoms with van der Waals surface area (Å²) in [5.41, 5.74) is 6.25. The molecule has 0 heterocycles. The molecule has 2 amide bonds. The van der Waals surface area contributed by atoms with Crippen LogP contribution in [0.4, 0.5) is 5.69 Å². The molecule has 0 unspecified atom stereocenters. The Labute approximate surface area is 129 Å². The monoisotopic (exact) mass is 352 g/mol. The Bertz CT molecular complexity index is 668. The van der Waals surface area contributed by atoms with Crippen LogP contribution in [0.2, 0.25) is 5.02 Å². The fraction of sp³-hybridized carbons (Fsp3) is 0. The standard InChI is InChI=1S/C14H10BrClN2O2/c15-9-5-8(6-10(16)7-9)14(20)18-12-4-2-1-3-11(12)13(17)19/h1-7H,(H2,17,19)(H,18,20). The van der Waals surface area contributed by atoms with Crippen LogP contribution in [0.3, 0.4) is 0 Å². The average Bonchev–Trinajstić information content (AvgIpc) is 2.37. The highest BCUT2D eigenvalue weighted by Crippen LogP contribution is 2.21. The van der Waals surface area contributed by atoms with E-state index in [9.17, 15) is 9.59 Å². The summed E-state index contributed by atoms with van der Waals surface area (Å²) in [6.07, 6.45) is 0. The topological polar surface area (TPSA) is 72.2 Å². The molecule has 0 fully saturated rings. The minimum atomic E-state index is -0.604. The number of rotatable bonds is 3. The summed E-state index contributed by atoms with van der Waals surface area (Å²) in [5, 5.41) is 3.08. The Kier molecular flexibility index (Phi) is 4.42. The lowest BCUT2D eigenvalue weighted by atomic mass is 10.1. The van der Waals surface area contributed by atoms with Crippen LogP contribution in [0.15, 0.2) is 46.9 Å². The van der Waals surface area contributed by atoms with Crippen LogP contribution in [0.25, 0.3) is 0 Å². The first kappa shape index (κ1) is 14.6. The van der Waals surface area contributed by atoms with Crippen LogP contribution < -0.4 is 11.1 Å². The van der Waals surface area contributed by atoms with Gasteiger partial charge in [0.05, 0.1) is 11.3 Å². The van der Waals surface area contributed by atoms with E-state index in [-0.39, 0.29) is 11.5 Å². The van der Waals surface area contributed by atoms with Crippen molar-refractivity contribution in [2.75, 3.05) is 5.32 Å². The van der Waals surface area contributed by atoms with E-state index in [0.717, 1.165) is 0 Å². The molecule has 0 aliphatic rings. The molecule has 0 bridgehead atoms. The minimum Gasteiger partial charge on any atom is -0.366 e. The molecule has 0 saturated carbocycles. The van der Waals surface area contributed by atoms with Crippen LogP contribution in [0.5, 0.6) is 0 Å². The number of halogens is 2. The molecule has 0 atom stereocenters. The first-order valence-corrected chi connectivity index (χ1v) is 6.81. The number of nitrogens with two attached hydrogens (primary N) is 1. The smallest absolute Gasteiger partial charge is 0.255 e. The molecule has 2 rings (SSSR count). The largest absolute Gasteiger partial charge is 0.366 e. The number of amides is 2. The Morgan fingerprint density at radius 1 is 1.15 bits per heavy atom. The van der Waals surface area contributed by atoms with Crippen molar-refractivity contribution >= 4 is 45.0 Å². The number of carbonyl (C=O) groups is 2. The number of primary amides is 1. The molecule has 0 saturated heterocycles. The van der Waals surface area contributed by atoms with E-state index in [0.29, 0.717) is 20.7 Å². The van der Waals surface area contributed by atoms with E-state index < -0.39 is 5.91 Å². The van der Waals surface area contributed by atoms with Crippen molar-refractivity contribution in [2.45, 2.75) is 0 Å². The number of carbonyl (C=O) groups excluding carboxylic acids is 2. The first-order chi connectivity index (χ1) is 9.47. The summed E-state index contributed by atoms with van der Waals surface area (Å²) in [5.74, 6) is -0.977. The predicted molar refractivity (Wildman–Crippen MR) is 82.1 cm³/mol. The van der Waals surface area contributed by atoms with Gasteiger partial charge in [-0.3, -0.25) is 9.59 Å². The highest BCUT2D eigenvalue weighted by atomic mass is 79.9. The third kappa shape index (κ3) is 3.37. The zero-order valence-corrected chi connectivity index (χ0v) is 12.5. The molecule has 6 heteroatoms. The molecule has 4 nitrogen and oxygen atoms in total. The van der Waals surface area contributed by atoms with Gasteiger partial charge in [0.15, 0.2) is 0 Å². The van der Waals surface area contributed by atoms with Gasteiger partial charge >= 0.3 is 0 Å². The van der Waals surface area contributed by atoms with Gasteiger partial charge in [-0.1, -0.05) is 39.7 Å². The molecule has 102 valence electrons. The number of anilines is 1. The maximum atomic E-state index is 12.2. The van der Waals surface area contributed by atoms with Crippen molar-refractivity contribution in [3.05, 3.63) is 63.1 Å². The zero-order valence-electron chi connectivity index (χ0n) is 10.2. The second-order valence-corrected chi connectivity index (χ2v) is 5.37. The van der Waals surface area contributed by atoms with Crippen LogP contribution in [0.1, 0.15) is 20.7 Å². The molecular formula is C14H10BrClN2O2. The predicted octanol–water partition coefficient (Wildman–Crippen LogP) is 3.45. The highest BCUT2D eigenvalue weighted by molar-refractivity contribution is 9.10. The second kappa shape index (κ2) is 6.07. The van der Waals surface area contributed by atoms with Gasteiger partial charge in [-0.2, -0.15) is 0 Å². The third-order valence-corrected chi connectivity index (χ3v) is 3.24. The third-order valence-electron chi connectivity index (χ3n) is 2.57. The molecule has 0 spiro atoms. The molecule has 3 N–H and O–H groups in total. The van der Waals surface area contributed by atoms with Crippen LogP contribution in [-0.2, 0) is 0 Å². The number of para-hydroxylation sites is 1. The van der Waals surface area contributed by atoms with Crippen molar-refractivity contribution < 1.29 is 9.59 Å². The first-order valence-electron chi connectivity index (χ1n) is 5.63. The van der Waals surface area contributed by atoms with Gasteiger partial charge in [0.2, 0.25) is 0 Å². The summed E-state index contributed by atoms with van der Waals surface area (Å²) >= 11 is 9.16. The van der Waals surface area contributed by atoms with Crippen LogP contribution in [-0.4, -0.2) is 11.8 Å². The summed E-state index contributed by atoms with van der Waals surface area (Å²) in [7, 11) is 0. The Morgan fingerprint density at radius 3 is 2.50 bits per heavy atom. The summed E-state index contributed by atoms with van der Waals surface area (Å²) in [4.78, 5) is 23.4. The zero-order chi connectivity index (χ0) is 14.7. The molecule has 2 aromatic rings. The van der Waals surface area contributed by atoms with Crippen molar-refractivity contribution in [1.82, 2.24) is 0 Å². The fourth-order valence-corrected chi connectivity index (χ4v) is 2.55. The lowest BCUT2D eigenvalue weighted by Crippen LogP contribution is -2.18. The van der Waals surface area contributed by atoms with E-state index in [1.807, 2.05) is 0 Å². The van der Waals surface area contributed by atoms with Gasteiger partial charge in [0.1, 0.15) is 0 Å². The minimum absolute atomic E-state index is 0.252. The Balaban J connectivity index is 2.30. The molecule has 0 radical (unpaired) electrons. The lowest BCUT2D eigenvalue weighted by molar-refractivity contribution is 0.100. The molecule has 20 heavy (non-hydrogen) atoms. The average molecular weight is 354 g/mol. The van der Waals surface area contributed by atoms with E-state index in [1.165, 1.54) is 6.07 Å². The van der Waals surface area contributed by atoms with Crippen molar-refractivity contribution in [3.8, 4) is 0 Å². The van der Waals surface area contributed by atoms with Gasteiger partial charge in [-0.15, -0.1) is 0 Å². The number of hydrogen-bond donors (Lipinski definition) is 2. The molecule has 0 aliphatic carbocycles. The highest BCUT2D eigenvalue weighted by Gasteiger charge is 2.12. The molecule has 0 aliphatic heterocycles. The van der Waals surface area contributed by atoms with E-state index in [4.69, 9.17) is 17.3 Å². The molecule has 2 aromatic carbocycles. The van der Waals surface area contributed by atoms with E-state index in [1.54, 1.807) is 36.4 Å². The molecular weight excluding hydrogens is 344 g/mol. The van der Waals surface area contributed by atoms with Crippen molar-refractivity contribution in [1.29, 1.82) is 0 Å². The van der Waals surface area contributed by atoms with Gasteiger partial charge in [0, 0.05) is 15.1 Å². The second-order valence-electron chi connectivity index (χ2n) is 4.02. The van der Waals surface area contributed by atoms with Crippen molar-refractivity contribution in [2.24, 2.45) is 5.73 Å². The summed E-state index contributed by atoms with van der Waals surface area (Å²) < 4.78 is 0.693. The SMILES string of the molecule is NC(=O)c1ccccc1NC(=O)c1cc(Cl)cc(Br)c1.